The van der Waals surface area contributed by atoms with Gasteiger partial charge in [-0.15, -0.1) is 0 Å². The van der Waals surface area contributed by atoms with Crippen LogP contribution in [0.4, 0.5) is 5.69 Å². The number of aromatic nitrogens is 1. The van der Waals surface area contributed by atoms with E-state index in [0.29, 0.717) is 0 Å². The summed E-state index contributed by atoms with van der Waals surface area (Å²) in [6, 6.07) is 7.81. The Kier molecular flexibility index (Phi) is 2.08. The van der Waals surface area contributed by atoms with Gasteiger partial charge in [0.05, 0.1) is 5.52 Å². The van der Waals surface area contributed by atoms with Gasteiger partial charge >= 0.3 is 0 Å². The third-order valence-electron chi connectivity index (χ3n) is 2.01. The van der Waals surface area contributed by atoms with Crippen molar-refractivity contribution in [2.75, 3.05) is 5.73 Å². The molecular formula is C11H14N2O. The molecule has 3 heteroatoms. The molecular weight excluding hydrogens is 176 g/mol. The molecule has 2 N–H and O–H groups in total. The molecule has 0 saturated carbocycles. The minimum absolute atomic E-state index is 0.159. The Morgan fingerprint density at radius 3 is 2.79 bits per heavy atom. The lowest BCUT2D eigenvalue weighted by Crippen LogP contribution is -2.17. The first-order chi connectivity index (χ1) is 6.66. The van der Waals surface area contributed by atoms with Crippen molar-refractivity contribution in [2.45, 2.75) is 20.0 Å². The number of nitrogens with zero attached hydrogens (tertiary/aromatic N) is 1. The minimum atomic E-state index is 0.159. The van der Waals surface area contributed by atoms with Crippen LogP contribution in [-0.2, 0) is 0 Å². The first kappa shape index (κ1) is 8.94. The highest BCUT2D eigenvalue weighted by atomic mass is 16.7. The second-order valence-electron chi connectivity index (χ2n) is 3.61. The Balaban J connectivity index is 2.50. The Morgan fingerprint density at radius 1 is 1.29 bits per heavy atom. The van der Waals surface area contributed by atoms with Crippen molar-refractivity contribution >= 4 is 16.6 Å². The fourth-order valence-electron chi connectivity index (χ4n) is 1.44. The van der Waals surface area contributed by atoms with Gasteiger partial charge in [-0.3, -0.25) is 0 Å². The van der Waals surface area contributed by atoms with Crippen molar-refractivity contribution in [3.63, 3.8) is 0 Å². The molecule has 1 heterocycles. The van der Waals surface area contributed by atoms with E-state index in [4.69, 9.17) is 10.6 Å². The molecule has 0 spiro atoms. The molecule has 0 aliphatic carbocycles. The molecule has 0 bridgehead atoms. The molecule has 74 valence electrons. The minimum Gasteiger partial charge on any atom is -0.411 e. The molecule has 1 aromatic heterocycles. The monoisotopic (exact) mass is 190 g/mol. The van der Waals surface area contributed by atoms with E-state index < -0.39 is 0 Å². The lowest BCUT2D eigenvalue weighted by Gasteiger charge is -2.11. The number of hydrogen-bond acceptors (Lipinski definition) is 2. The Morgan fingerprint density at radius 2 is 2.07 bits per heavy atom. The highest BCUT2D eigenvalue weighted by Crippen LogP contribution is 2.17. The van der Waals surface area contributed by atoms with Crippen LogP contribution in [0.15, 0.2) is 30.5 Å². The van der Waals surface area contributed by atoms with Crippen molar-refractivity contribution in [3.05, 3.63) is 30.5 Å². The smallest absolute Gasteiger partial charge is 0.119 e. The number of nitrogens with two attached hydrogens (primary N) is 1. The lowest BCUT2D eigenvalue weighted by molar-refractivity contribution is 0.0686. The number of hydrogen-bond donors (Lipinski definition) is 1. The summed E-state index contributed by atoms with van der Waals surface area (Å²) in [5.41, 5.74) is 7.48. The zero-order chi connectivity index (χ0) is 10.1. The predicted molar refractivity (Wildman–Crippen MR) is 58.1 cm³/mol. The van der Waals surface area contributed by atoms with Gasteiger partial charge in [-0.05, 0) is 32.0 Å². The van der Waals surface area contributed by atoms with Crippen LogP contribution in [-0.4, -0.2) is 10.8 Å². The number of benzene rings is 1. The van der Waals surface area contributed by atoms with Crippen molar-refractivity contribution in [2.24, 2.45) is 0 Å². The van der Waals surface area contributed by atoms with Crippen LogP contribution < -0.4 is 10.6 Å². The molecule has 1 aromatic carbocycles. The van der Waals surface area contributed by atoms with Gasteiger partial charge in [0.25, 0.3) is 0 Å². The van der Waals surface area contributed by atoms with E-state index in [-0.39, 0.29) is 6.10 Å². The fraction of sp³-hybridized carbons (Fsp3) is 0.273. The number of nitrogen functional groups attached to an aromatic ring is 1. The summed E-state index contributed by atoms with van der Waals surface area (Å²) in [7, 11) is 0. The standard InChI is InChI=1S/C11H14N2O/c1-8(2)14-13-6-5-9-3-4-10(12)7-11(9)13/h3-8H,12H2,1-2H3. The average molecular weight is 190 g/mol. The van der Waals surface area contributed by atoms with Gasteiger partial charge in [0.1, 0.15) is 6.10 Å². The van der Waals surface area contributed by atoms with Crippen LogP contribution in [0.3, 0.4) is 0 Å². The molecule has 0 radical (unpaired) electrons. The summed E-state index contributed by atoms with van der Waals surface area (Å²) in [5, 5.41) is 1.14. The molecule has 14 heavy (non-hydrogen) atoms. The van der Waals surface area contributed by atoms with Crippen LogP contribution in [0.1, 0.15) is 13.8 Å². The zero-order valence-corrected chi connectivity index (χ0v) is 8.40. The van der Waals surface area contributed by atoms with E-state index in [2.05, 4.69) is 0 Å². The van der Waals surface area contributed by atoms with Crippen LogP contribution in [0.2, 0.25) is 0 Å². The SMILES string of the molecule is CC(C)On1ccc2ccc(N)cc21. The molecule has 2 rings (SSSR count). The Labute approximate surface area is 83.0 Å². The fourth-order valence-corrected chi connectivity index (χ4v) is 1.44. The van der Waals surface area contributed by atoms with E-state index in [9.17, 15) is 0 Å². The first-order valence-corrected chi connectivity index (χ1v) is 4.70. The number of anilines is 1. The largest absolute Gasteiger partial charge is 0.411 e. The lowest BCUT2D eigenvalue weighted by atomic mass is 10.2. The topological polar surface area (TPSA) is 40.2 Å². The second kappa shape index (κ2) is 3.25. The van der Waals surface area contributed by atoms with Gasteiger partial charge in [-0.1, -0.05) is 6.07 Å². The summed E-state index contributed by atoms with van der Waals surface area (Å²) < 4.78 is 1.76. The molecule has 0 atom stereocenters. The van der Waals surface area contributed by atoms with Crippen molar-refractivity contribution in [1.29, 1.82) is 0 Å². The van der Waals surface area contributed by atoms with Gasteiger partial charge in [-0.2, -0.15) is 4.73 Å². The third kappa shape index (κ3) is 1.53. The zero-order valence-electron chi connectivity index (χ0n) is 8.40. The van der Waals surface area contributed by atoms with Crippen molar-refractivity contribution in [3.8, 4) is 0 Å². The van der Waals surface area contributed by atoms with E-state index in [1.165, 1.54) is 0 Å². The highest BCUT2D eigenvalue weighted by molar-refractivity contribution is 5.82. The highest BCUT2D eigenvalue weighted by Gasteiger charge is 2.03. The number of rotatable bonds is 2. The van der Waals surface area contributed by atoms with Crippen LogP contribution >= 0.6 is 0 Å². The maximum absolute atomic E-state index is 5.71. The summed E-state index contributed by atoms with van der Waals surface area (Å²) in [6.07, 6.45) is 2.07. The quantitative estimate of drug-likeness (QED) is 0.736. The van der Waals surface area contributed by atoms with E-state index >= 15 is 0 Å². The van der Waals surface area contributed by atoms with Gasteiger partial charge in [0.15, 0.2) is 0 Å². The van der Waals surface area contributed by atoms with Crippen LogP contribution in [0, 0.1) is 0 Å². The Hall–Kier alpha value is -1.64. The summed E-state index contributed by atoms with van der Waals surface area (Å²) in [4.78, 5) is 5.58. The van der Waals surface area contributed by atoms with E-state index in [1.54, 1.807) is 4.73 Å². The van der Waals surface area contributed by atoms with Crippen molar-refractivity contribution < 1.29 is 4.84 Å². The van der Waals surface area contributed by atoms with Crippen molar-refractivity contribution in [1.82, 2.24) is 4.73 Å². The molecule has 3 nitrogen and oxygen atoms in total. The summed E-state index contributed by atoms with van der Waals surface area (Å²) >= 11 is 0. The molecule has 0 fully saturated rings. The van der Waals surface area contributed by atoms with E-state index in [1.807, 2.05) is 44.3 Å². The maximum atomic E-state index is 5.71. The predicted octanol–water partition coefficient (Wildman–Crippen LogP) is 2.06. The third-order valence-corrected chi connectivity index (χ3v) is 2.01. The summed E-state index contributed by atoms with van der Waals surface area (Å²) in [6.45, 7) is 4.00. The normalized spacial score (nSPS) is 11.1. The van der Waals surface area contributed by atoms with Gasteiger partial charge < -0.3 is 10.6 Å². The van der Waals surface area contributed by atoms with Gasteiger partial charge in [0.2, 0.25) is 0 Å². The van der Waals surface area contributed by atoms with E-state index in [0.717, 1.165) is 16.6 Å². The van der Waals surface area contributed by atoms with Crippen LogP contribution in [0.5, 0.6) is 0 Å². The molecule has 2 aromatic rings. The van der Waals surface area contributed by atoms with Crippen LogP contribution in [0.25, 0.3) is 10.9 Å². The first-order valence-electron chi connectivity index (χ1n) is 4.70. The summed E-state index contributed by atoms with van der Waals surface area (Å²) in [5.74, 6) is 0. The molecule has 0 aliphatic rings. The van der Waals surface area contributed by atoms with Gasteiger partial charge in [-0.25, -0.2) is 0 Å². The molecule has 0 amide bonds. The second-order valence-corrected chi connectivity index (χ2v) is 3.61. The molecule has 0 unspecified atom stereocenters. The Bertz CT molecular complexity index is 445. The molecule has 0 aliphatic heterocycles. The van der Waals surface area contributed by atoms with Gasteiger partial charge in [0, 0.05) is 17.3 Å². The number of fused-ring (bicyclic) bond motifs is 1. The average Bonchev–Trinajstić information content (AvgIpc) is 2.47. The maximum Gasteiger partial charge on any atom is 0.119 e. The molecule has 0 saturated heterocycles.